The van der Waals surface area contributed by atoms with Gasteiger partial charge in [0.05, 0.1) is 5.70 Å². The minimum Gasteiger partial charge on any atom is -0.288 e. The van der Waals surface area contributed by atoms with Crippen molar-refractivity contribution in [1.82, 2.24) is 9.88 Å². The lowest BCUT2D eigenvalue weighted by atomic mass is 9.89. The lowest BCUT2D eigenvalue weighted by Gasteiger charge is -2.30. The van der Waals surface area contributed by atoms with Crippen molar-refractivity contribution in [2.75, 3.05) is 4.90 Å². The first-order chi connectivity index (χ1) is 14.2. The van der Waals surface area contributed by atoms with E-state index in [-0.39, 0.29) is 16.6 Å². The van der Waals surface area contributed by atoms with Crippen LogP contribution < -0.4 is 10.0 Å². The molecule has 2 heterocycles. The molecule has 0 aromatic carbocycles. The molecule has 31 heavy (non-hydrogen) atoms. The maximum atomic E-state index is 14.5. The number of thiocarbonyl (C=S) groups is 1. The molecule has 2 N–H and O–H groups in total. The van der Waals surface area contributed by atoms with Crippen LogP contribution in [0.2, 0.25) is 0 Å². The summed E-state index contributed by atoms with van der Waals surface area (Å²) in [5, 5.41) is 13.2. The molecule has 2 atom stereocenters. The topological polar surface area (TPSA) is 120 Å². The zero-order valence-electron chi connectivity index (χ0n) is 16.4. The Bertz CT molecular complexity index is 1220. The third-order valence-electron chi connectivity index (χ3n) is 5.02. The molecule has 0 bridgehead atoms. The number of hydrogen-bond acceptors (Lipinski definition) is 6. The minimum absolute atomic E-state index is 0.0513. The number of hydrogen-bond donors (Lipinski definition) is 1. The second kappa shape index (κ2) is 7.11. The van der Waals surface area contributed by atoms with Crippen LogP contribution in [0.15, 0.2) is 46.4 Å². The van der Waals surface area contributed by atoms with E-state index in [1.54, 1.807) is 0 Å². The summed E-state index contributed by atoms with van der Waals surface area (Å²) in [6.07, 6.45) is -2.08. The fraction of sp³-hybridized carbons (Fsp3) is 0.333. The van der Waals surface area contributed by atoms with E-state index >= 15 is 0 Å². The van der Waals surface area contributed by atoms with Gasteiger partial charge >= 0.3 is 0 Å². The van der Waals surface area contributed by atoms with E-state index in [9.17, 15) is 26.4 Å². The molecule has 1 aliphatic carbocycles. The molecule has 1 amide bonds. The zero-order valence-corrected chi connectivity index (χ0v) is 18.1. The number of nitriles is 1. The number of amides is 1. The van der Waals surface area contributed by atoms with E-state index < -0.39 is 49.7 Å². The Labute approximate surface area is 181 Å². The maximum absolute atomic E-state index is 14.5. The number of alkyl halides is 2. The van der Waals surface area contributed by atoms with Crippen LogP contribution in [0.1, 0.15) is 20.8 Å². The summed E-state index contributed by atoms with van der Waals surface area (Å²) in [5.41, 5.74) is -5.80. The van der Waals surface area contributed by atoms with Crippen LogP contribution in [-0.4, -0.2) is 46.7 Å². The molecule has 13 heteroatoms. The van der Waals surface area contributed by atoms with Crippen LogP contribution in [0.5, 0.6) is 0 Å². The molecule has 1 aliphatic heterocycles. The lowest BCUT2D eigenvalue weighted by Crippen LogP contribution is -2.45. The third kappa shape index (κ3) is 3.31. The Morgan fingerprint density at radius 3 is 2.52 bits per heavy atom. The van der Waals surface area contributed by atoms with Crippen molar-refractivity contribution in [3.63, 3.8) is 0 Å². The number of rotatable bonds is 3. The van der Waals surface area contributed by atoms with Crippen molar-refractivity contribution in [1.29, 1.82) is 5.26 Å². The fourth-order valence-electron chi connectivity index (χ4n) is 3.32. The molecule has 3 rings (SSSR count). The molecule has 1 saturated heterocycles. The molecule has 0 saturated carbocycles. The van der Waals surface area contributed by atoms with Crippen molar-refractivity contribution < 1.29 is 26.4 Å². The molecular weight excluding hydrogens is 455 g/mol. The third-order valence-corrected chi connectivity index (χ3v) is 6.19. The number of primary sulfonamides is 1. The van der Waals surface area contributed by atoms with E-state index in [4.69, 9.17) is 22.6 Å². The van der Waals surface area contributed by atoms with Crippen molar-refractivity contribution in [2.45, 2.75) is 43.2 Å². The largest absolute Gasteiger partial charge is 0.288 e. The number of carbonyl (C=O) groups is 1. The lowest BCUT2D eigenvalue weighted by molar-refractivity contribution is -0.128. The van der Waals surface area contributed by atoms with E-state index in [1.807, 2.05) is 0 Å². The van der Waals surface area contributed by atoms with E-state index in [1.165, 1.54) is 30.9 Å². The molecule has 8 nitrogen and oxygen atoms in total. The number of halogens is 3. The van der Waals surface area contributed by atoms with Crippen LogP contribution in [0.4, 0.5) is 19.0 Å². The number of carbonyl (C=O) groups excluding carboxylic acids is 1. The van der Waals surface area contributed by atoms with E-state index in [0.717, 1.165) is 24.0 Å². The summed E-state index contributed by atoms with van der Waals surface area (Å²) in [6.45, 7) is 3.96. The summed E-state index contributed by atoms with van der Waals surface area (Å²) in [7, 11) is -4.17. The van der Waals surface area contributed by atoms with Crippen molar-refractivity contribution >= 4 is 39.1 Å². The highest BCUT2D eigenvalue weighted by Gasteiger charge is 2.55. The van der Waals surface area contributed by atoms with Gasteiger partial charge in [0.15, 0.2) is 22.1 Å². The van der Waals surface area contributed by atoms with Gasteiger partial charge in [-0.15, -0.1) is 0 Å². The minimum atomic E-state index is -4.17. The molecule has 2 aliphatic rings. The SMILES string of the molecule is CC1=C(F)C(F)(C#N)C(F)C=C1N1C(=O)C(C)(C)N(c2cccc(S(N)(=O)=O)n2)C1=S. The molecule has 2 unspecified atom stereocenters. The van der Waals surface area contributed by atoms with Gasteiger partial charge in [0, 0.05) is 5.57 Å². The number of pyridine rings is 1. The van der Waals surface area contributed by atoms with Gasteiger partial charge < -0.3 is 0 Å². The van der Waals surface area contributed by atoms with Gasteiger partial charge in [-0.2, -0.15) is 5.26 Å². The maximum Gasteiger partial charge on any atom is 0.281 e. The number of anilines is 1. The molecule has 1 aromatic rings. The molecule has 1 fully saturated rings. The van der Waals surface area contributed by atoms with Crippen LogP contribution in [0.3, 0.4) is 0 Å². The highest BCUT2D eigenvalue weighted by Crippen LogP contribution is 2.43. The highest BCUT2D eigenvalue weighted by molar-refractivity contribution is 7.89. The second-order valence-electron chi connectivity index (χ2n) is 7.41. The normalized spacial score (nSPS) is 26.3. The van der Waals surface area contributed by atoms with Gasteiger partial charge in [0.25, 0.3) is 21.6 Å². The summed E-state index contributed by atoms with van der Waals surface area (Å²) in [6, 6.07) is 4.82. The summed E-state index contributed by atoms with van der Waals surface area (Å²) in [5.74, 6) is -2.44. The Balaban J connectivity index is 2.14. The summed E-state index contributed by atoms with van der Waals surface area (Å²) >= 11 is 5.35. The Morgan fingerprint density at radius 2 is 1.97 bits per heavy atom. The smallest absolute Gasteiger partial charge is 0.281 e. The summed E-state index contributed by atoms with van der Waals surface area (Å²) < 4.78 is 66.6. The summed E-state index contributed by atoms with van der Waals surface area (Å²) in [4.78, 5) is 19.1. The molecule has 0 radical (unpaired) electrons. The number of nitrogens with zero attached hydrogens (tertiary/aromatic N) is 4. The Hall–Kier alpha value is -2.82. The molecule has 164 valence electrons. The van der Waals surface area contributed by atoms with Crippen molar-refractivity contribution in [3.05, 3.63) is 41.4 Å². The first-order valence-corrected chi connectivity index (χ1v) is 10.6. The number of nitrogens with two attached hydrogens (primary N) is 1. The van der Waals surface area contributed by atoms with Crippen molar-refractivity contribution in [2.24, 2.45) is 5.14 Å². The number of aromatic nitrogens is 1. The monoisotopic (exact) mass is 471 g/mol. The van der Waals surface area contributed by atoms with E-state index in [0.29, 0.717) is 6.08 Å². The average molecular weight is 471 g/mol. The number of allylic oxidation sites excluding steroid dienone is 3. The Morgan fingerprint density at radius 1 is 1.35 bits per heavy atom. The van der Waals surface area contributed by atoms with Crippen LogP contribution >= 0.6 is 12.2 Å². The second-order valence-corrected chi connectivity index (χ2v) is 9.29. The van der Waals surface area contributed by atoms with Gasteiger partial charge in [0.2, 0.25) is 0 Å². The average Bonchev–Trinajstić information content (AvgIpc) is 2.87. The molecule has 1 aromatic heterocycles. The zero-order chi connectivity index (χ0) is 23.5. The first kappa shape index (κ1) is 22.9. The predicted molar refractivity (Wildman–Crippen MR) is 108 cm³/mol. The quantitative estimate of drug-likeness (QED) is 0.671. The van der Waals surface area contributed by atoms with Gasteiger partial charge in [-0.1, -0.05) is 6.07 Å². The molecular formula is C18H16F3N5O3S2. The van der Waals surface area contributed by atoms with E-state index in [2.05, 4.69) is 4.98 Å². The van der Waals surface area contributed by atoms with Gasteiger partial charge in [-0.25, -0.2) is 31.7 Å². The highest BCUT2D eigenvalue weighted by atomic mass is 32.2. The van der Waals surface area contributed by atoms with Crippen LogP contribution in [0.25, 0.3) is 0 Å². The fourth-order valence-corrected chi connectivity index (χ4v) is 4.31. The van der Waals surface area contributed by atoms with Crippen LogP contribution in [0, 0.1) is 11.3 Å². The van der Waals surface area contributed by atoms with Gasteiger partial charge in [-0.05, 0) is 51.2 Å². The molecule has 0 spiro atoms. The number of sulfonamides is 1. The Kier molecular flexibility index (Phi) is 5.24. The van der Waals surface area contributed by atoms with Gasteiger partial charge in [0.1, 0.15) is 17.4 Å². The van der Waals surface area contributed by atoms with Crippen LogP contribution in [-0.2, 0) is 14.8 Å². The standard InChI is InChI=1S/C18H16F3N5O3S2/c1-9-10(7-11(19)18(21,8-22)14(9)20)25-15(27)17(2,3)26(16(25)30)12-5-4-6-13(24-12)31(23,28)29/h4-7,11H,1-3H3,(H2,23,28,29). The first-order valence-electron chi connectivity index (χ1n) is 8.69. The van der Waals surface area contributed by atoms with Crippen molar-refractivity contribution in [3.8, 4) is 6.07 Å². The predicted octanol–water partition coefficient (Wildman–Crippen LogP) is 2.15. The van der Waals surface area contributed by atoms with Gasteiger partial charge in [-0.3, -0.25) is 14.6 Å².